The molecule has 4 rings (SSSR count). The SMILES string of the molecule is O=C(Nc1ccc(NCc2ccccc2Cl)nc1)c1ccc2c(c1)OCO2. The average molecular weight is 382 g/mol. The number of anilines is 2. The third-order valence-corrected chi connectivity index (χ3v) is 4.44. The fraction of sp³-hybridized carbons (Fsp3) is 0.100. The summed E-state index contributed by atoms with van der Waals surface area (Å²) in [4.78, 5) is 16.7. The zero-order valence-electron chi connectivity index (χ0n) is 14.2. The van der Waals surface area contributed by atoms with Crippen LogP contribution in [0.1, 0.15) is 15.9 Å². The molecule has 1 amide bonds. The summed E-state index contributed by atoms with van der Waals surface area (Å²) in [6.07, 6.45) is 1.60. The molecule has 1 aliphatic heterocycles. The molecule has 0 spiro atoms. The summed E-state index contributed by atoms with van der Waals surface area (Å²) in [5, 5.41) is 6.72. The van der Waals surface area contributed by atoms with Crippen LogP contribution in [0.3, 0.4) is 0 Å². The number of rotatable bonds is 5. The third kappa shape index (κ3) is 3.96. The minimum atomic E-state index is -0.244. The van der Waals surface area contributed by atoms with Gasteiger partial charge in [0.15, 0.2) is 11.5 Å². The number of nitrogens with zero attached hydrogens (tertiary/aromatic N) is 1. The molecule has 0 aliphatic carbocycles. The first-order valence-corrected chi connectivity index (χ1v) is 8.71. The Hall–Kier alpha value is -3.25. The van der Waals surface area contributed by atoms with Crippen molar-refractivity contribution in [3.05, 3.63) is 76.9 Å². The molecule has 7 heteroatoms. The maximum absolute atomic E-state index is 12.4. The highest BCUT2D eigenvalue weighted by Gasteiger charge is 2.16. The van der Waals surface area contributed by atoms with E-state index < -0.39 is 0 Å². The topological polar surface area (TPSA) is 72.5 Å². The predicted molar refractivity (Wildman–Crippen MR) is 104 cm³/mol. The second-order valence-electron chi connectivity index (χ2n) is 5.90. The predicted octanol–water partition coefficient (Wildman–Crippen LogP) is 4.33. The van der Waals surface area contributed by atoms with Gasteiger partial charge < -0.3 is 20.1 Å². The van der Waals surface area contributed by atoms with Crippen LogP contribution in [0.2, 0.25) is 5.02 Å². The lowest BCUT2D eigenvalue weighted by Crippen LogP contribution is -2.12. The molecule has 2 N–H and O–H groups in total. The molecule has 2 aromatic carbocycles. The lowest BCUT2D eigenvalue weighted by Gasteiger charge is -2.09. The maximum atomic E-state index is 12.4. The van der Waals surface area contributed by atoms with E-state index in [1.165, 1.54) is 0 Å². The largest absolute Gasteiger partial charge is 0.454 e. The number of aromatic nitrogens is 1. The van der Waals surface area contributed by atoms with Gasteiger partial charge >= 0.3 is 0 Å². The van der Waals surface area contributed by atoms with Crippen molar-refractivity contribution in [1.82, 2.24) is 4.98 Å². The van der Waals surface area contributed by atoms with Crippen molar-refractivity contribution in [3.63, 3.8) is 0 Å². The van der Waals surface area contributed by atoms with E-state index in [9.17, 15) is 4.79 Å². The molecule has 136 valence electrons. The molecule has 0 atom stereocenters. The quantitative estimate of drug-likeness (QED) is 0.688. The van der Waals surface area contributed by atoms with Crippen LogP contribution in [0.4, 0.5) is 11.5 Å². The van der Waals surface area contributed by atoms with Gasteiger partial charge in [-0.25, -0.2) is 4.98 Å². The minimum absolute atomic E-state index is 0.174. The summed E-state index contributed by atoms with van der Waals surface area (Å²) < 4.78 is 10.5. The van der Waals surface area contributed by atoms with Gasteiger partial charge in [0.05, 0.1) is 11.9 Å². The molecular weight excluding hydrogens is 366 g/mol. The summed E-state index contributed by atoms with van der Waals surface area (Å²) in [6.45, 7) is 0.739. The Balaban J connectivity index is 1.37. The lowest BCUT2D eigenvalue weighted by atomic mass is 10.2. The fourth-order valence-electron chi connectivity index (χ4n) is 2.64. The van der Waals surface area contributed by atoms with E-state index >= 15 is 0 Å². The Morgan fingerprint density at radius 2 is 1.93 bits per heavy atom. The van der Waals surface area contributed by atoms with Crippen LogP contribution in [0.15, 0.2) is 60.8 Å². The Labute approximate surface area is 161 Å². The number of pyridine rings is 1. The first kappa shape index (κ1) is 17.2. The number of nitrogens with one attached hydrogen (secondary N) is 2. The van der Waals surface area contributed by atoms with E-state index in [0.717, 1.165) is 5.56 Å². The van der Waals surface area contributed by atoms with Crippen molar-refractivity contribution in [2.75, 3.05) is 17.4 Å². The molecule has 2 heterocycles. The van der Waals surface area contributed by atoms with Crippen LogP contribution >= 0.6 is 11.6 Å². The van der Waals surface area contributed by atoms with E-state index in [1.54, 1.807) is 36.5 Å². The first-order valence-electron chi connectivity index (χ1n) is 8.33. The van der Waals surface area contributed by atoms with E-state index in [4.69, 9.17) is 21.1 Å². The van der Waals surface area contributed by atoms with E-state index in [-0.39, 0.29) is 12.7 Å². The van der Waals surface area contributed by atoms with Gasteiger partial charge in [0.1, 0.15) is 5.82 Å². The van der Waals surface area contributed by atoms with E-state index in [2.05, 4.69) is 15.6 Å². The number of hydrogen-bond donors (Lipinski definition) is 2. The summed E-state index contributed by atoms with van der Waals surface area (Å²) >= 11 is 6.14. The molecule has 27 heavy (non-hydrogen) atoms. The van der Waals surface area contributed by atoms with Crippen LogP contribution in [0.5, 0.6) is 11.5 Å². The highest BCUT2D eigenvalue weighted by molar-refractivity contribution is 6.31. The van der Waals surface area contributed by atoms with Crippen LogP contribution in [0, 0.1) is 0 Å². The number of ether oxygens (including phenoxy) is 2. The Kier molecular flexibility index (Phi) is 4.80. The van der Waals surface area contributed by atoms with Gasteiger partial charge in [0.25, 0.3) is 5.91 Å². The average Bonchev–Trinajstić information content (AvgIpc) is 3.16. The number of carbonyl (C=O) groups is 1. The van der Waals surface area contributed by atoms with Crippen LogP contribution in [0.25, 0.3) is 0 Å². The van der Waals surface area contributed by atoms with Crippen molar-refractivity contribution in [1.29, 1.82) is 0 Å². The summed E-state index contributed by atoms with van der Waals surface area (Å²) in [7, 11) is 0. The number of hydrogen-bond acceptors (Lipinski definition) is 5. The fourth-order valence-corrected chi connectivity index (χ4v) is 2.84. The Morgan fingerprint density at radius 1 is 1.07 bits per heavy atom. The number of halogens is 1. The van der Waals surface area contributed by atoms with Crippen LogP contribution in [-0.2, 0) is 6.54 Å². The molecule has 0 fully saturated rings. The van der Waals surface area contributed by atoms with Gasteiger partial charge in [0, 0.05) is 17.1 Å². The Morgan fingerprint density at radius 3 is 2.74 bits per heavy atom. The van der Waals surface area contributed by atoms with Gasteiger partial charge in [-0.1, -0.05) is 29.8 Å². The molecule has 1 aromatic heterocycles. The number of fused-ring (bicyclic) bond motifs is 1. The van der Waals surface area contributed by atoms with Crippen molar-refractivity contribution in [3.8, 4) is 11.5 Å². The zero-order chi connectivity index (χ0) is 18.6. The highest BCUT2D eigenvalue weighted by atomic mass is 35.5. The monoisotopic (exact) mass is 381 g/mol. The number of benzene rings is 2. The van der Waals surface area contributed by atoms with Gasteiger partial charge in [-0.3, -0.25) is 4.79 Å². The Bertz CT molecular complexity index is 976. The first-order chi connectivity index (χ1) is 13.2. The smallest absolute Gasteiger partial charge is 0.255 e. The summed E-state index contributed by atoms with van der Waals surface area (Å²) in [5.74, 6) is 1.66. The third-order valence-electron chi connectivity index (χ3n) is 4.07. The maximum Gasteiger partial charge on any atom is 0.255 e. The standard InChI is InChI=1S/C20H16ClN3O3/c21-16-4-2-1-3-14(16)10-22-19-8-6-15(11-23-19)24-20(25)13-5-7-17-18(9-13)27-12-26-17/h1-9,11H,10,12H2,(H,22,23)(H,24,25). The lowest BCUT2D eigenvalue weighted by molar-refractivity contribution is 0.102. The molecule has 3 aromatic rings. The molecular formula is C20H16ClN3O3. The second-order valence-corrected chi connectivity index (χ2v) is 6.31. The highest BCUT2D eigenvalue weighted by Crippen LogP contribution is 2.32. The van der Waals surface area contributed by atoms with E-state index in [1.807, 2.05) is 24.3 Å². The van der Waals surface area contributed by atoms with Crippen LogP contribution < -0.4 is 20.1 Å². The summed E-state index contributed by atoms with van der Waals surface area (Å²) in [6, 6.07) is 16.3. The number of amides is 1. The second kappa shape index (κ2) is 7.55. The van der Waals surface area contributed by atoms with Gasteiger partial charge in [-0.2, -0.15) is 0 Å². The molecule has 6 nitrogen and oxygen atoms in total. The molecule has 1 aliphatic rings. The normalized spacial score (nSPS) is 11.9. The minimum Gasteiger partial charge on any atom is -0.454 e. The van der Waals surface area contributed by atoms with Crippen molar-refractivity contribution in [2.45, 2.75) is 6.54 Å². The molecule has 0 saturated heterocycles. The van der Waals surface area contributed by atoms with Gasteiger partial charge in [0.2, 0.25) is 6.79 Å². The van der Waals surface area contributed by atoms with Crippen molar-refractivity contribution < 1.29 is 14.3 Å². The summed E-state index contributed by atoms with van der Waals surface area (Å²) in [5.41, 5.74) is 2.07. The molecule has 0 radical (unpaired) electrons. The number of carbonyl (C=O) groups excluding carboxylic acids is 1. The van der Waals surface area contributed by atoms with Crippen molar-refractivity contribution in [2.24, 2.45) is 0 Å². The molecule has 0 saturated carbocycles. The van der Waals surface area contributed by atoms with Crippen LogP contribution in [-0.4, -0.2) is 17.7 Å². The van der Waals surface area contributed by atoms with E-state index in [0.29, 0.717) is 40.1 Å². The molecule has 0 unspecified atom stereocenters. The van der Waals surface area contributed by atoms with Gasteiger partial charge in [-0.05, 0) is 42.0 Å². The zero-order valence-corrected chi connectivity index (χ0v) is 15.0. The van der Waals surface area contributed by atoms with Gasteiger partial charge in [-0.15, -0.1) is 0 Å². The van der Waals surface area contributed by atoms with Crippen molar-refractivity contribution >= 4 is 29.0 Å². The molecule has 0 bridgehead atoms.